The van der Waals surface area contributed by atoms with Crippen molar-refractivity contribution in [1.82, 2.24) is 9.88 Å². The topological polar surface area (TPSA) is 45.7 Å². The summed E-state index contributed by atoms with van der Waals surface area (Å²) in [6.45, 7) is 7.39. The fraction of sp³-hybridized carbons (Fsp3) is 0.467. The van der Waals surface area contributed by atoms with Gasteiger partial charge in [-0.2, -0.15) is 0 Å². The number of hydrogen-bond donors (Lipinski definition) is 0. The van der Waals surface area contributed by atoms with Crippen molar-refractivity contribution < 1.29 is 9.53 Å². The van der Waals surface area contributed by atoms with Crippen molar-refractivity contribution in [2.45, 2.75) is 13.8 Å². The zero-order valence-corrected chi connectivity index (χ0v) is 12.1. The molecule has 0 aromatic carbocycles. The Balaban J connectivity index is 1.99. The Morgan fingerprint density at radius 2 is 2.10 bits per heavy atom. The lowest BCUT2D eigenvalue weighted by Crippen LogP contribution is -2.48. The van der Waals surface area contributed by atoms with Crippen molar-refractivity contribution in [3.63, 3.8) is 0 Å². The fourth-order valence-corrected chi connectivity index (χ4v) is 2.17. The minimum absolute atomic E-state index is 0.144. The van der Waals surface area contributed by atoms with E-state index in [4.69, 9.17) is 4.74 Å². The highest BCUT2D eigenvalue weighted by molar-refractivity contribution is 5.73. The number of anilines is 1. The zero-order valence-electron chi connectivity index (χ0n) is 12.1. The maximum atomic E-state index is 11.3. The van der Waals surface area contributed by atoms with E-state index in [9.17, 15) is 4.79 Å². The number of ether oxygens (including phenoxy) is 1. The number of aromatic nitrogens is 1. The van der Waals surface area contributed by atoms with Crippen LogP contribution in [-0.4, -0.2) is 48.6 Å². The Morgan fingerprint density at radius 1 is 1.35 bits per heavy atom. The third-order valence-corrected chi connectivity index (χ3v) is 3.31. The van der Waals surface area contributed by atoms with Crippen LogP contribution in [0, 0.1) is 0 Å². The fourth-order valence-electron chi connectivity index (χ4n) is 2.17. The van der Waals surface area contributed by atoms with Gasteiger partial charge in [0.25, 0.3) is 0 Å². The molecule has 108 valence electrons. The van der Waals surface area contributed by atoms with E-state index in [0.29, 0.717) is 6.61 Å². The molecular weight excluding hydrogens is 254 g/mol. The molecule has 20 heavy (non-hydrogen) atoms. The predicted octanol–water partition coefficient (Wildman–Crippen LogP) is 1.76. The van der Waals surface area contributed by atoms with Gasteiger partial charge in [0.05, 0.1) is 18.6 Å². The number of amides is 1. The van der Waals surface area contributed by atoms with Gasteiger partial charge in [0.1, 0.15) is 5.82 Å². The highest BCUT2D eigenvalue weighted by Crippen LogP contribution is 2.15. The molecule has 0 radical (unpaired) electrons. The van der Waals surface area contributed by atoms with E-state index in [0.717, 1.165) is 37.7 Å². The Kier molecular flexibility index (Phi) is 4.98. The molecule has 1 fully saturated rings. The quantitative estimate of drug-likeness (QED) is 0.786. The lowest BCUT2D eigenvalue weighted by atomic mass is 10.3. The smallest absolute Gasteiger partial charge is 0.219 e. The van der Waals surface area contributed by atoms with Gasteiger partial charge >= 0.3 is 0 Å². The molecule has 1 aromatic heterocycles. The van der Waals surface area contributed by atoms with Crippen LogP contribution in [0.4, 0.5) is 5.82 Å². The number of pyridine rings is 1. The number of carbonyl (C=O) groups is 1. The molecule has 1 amide bonds. The summed E-state index contributed by atoms with van der Waals surface area (Å²) < 4.78 is 5.18. The molecule has 0 bridgehead atoms. The summed E-state index contributed by atoms with van der Waals surface area (Å²) in [6, 6.07) is 5.94. The van der Waals surface area contributed by atoms with Gasteiger partial charge in [-0.1, -0.05) is 6.07 Å². The number of nitrogens with zero attached hydrogens (tertiary/aromatic N) is 3. The molecule has 0 aliphatic carbocycles. The number of hydrogen-bond acceptors (Lipinski definition) is 4. The monoisotopic (exact) mass is 275 g/mol. The van der Waals surface area contributed by atoms with Crippen molar-refractivity contribution >= 4 is 17.8 Å². The standard InChI is InChI=1S/C15H21N3O2/c1-3-20-12-7-14-5-4-6-15(16-14)18-10-8-17(9-11-18)13(2)19/h4-7,12H,3,8-11H2,1-2H3/b12-7+. The second kappa shape index (κ2) is 6.93. The average Bonchev–Trinajstić information content (AvgIpc) is 2.48. The van der Waals surface area contributed by atoms with Crippen LogP contribution >= 0.6 is 0 Å². The van der Waals surface area contributed by atoms with E-state index in [1.807, 2.05) is 36.1 Å². The van der Waals surface area contributed by atoms with Crippen LogP contribution in [0.15, 0.2) is 24.5 Å². The molecule has 1 aliphatic heterocycles. The average molecular weight is 275 g/mol. The molecule has 0 spiro atoms. The summed E-state index contributed by atoms with van der Waals surface area (Å²) in [6.07, 6.45) is 3.53. The van der Waals surface area contributed by atoms with Crippen LogP contribution in [0.25, 0.3) is 6.08 Å². The summed E-state index contributed by atoms with van der Waals surface area (Å²) in [5, 5.41) is 0. The summed E-state index contributed by atoms with van der Waals surface area (Å²) in [5.74, 6) is 1.10. The minimum atomic E-state index is 0.144. The van der Waals surface area contributed by atoms with Crippen LogP contribution in [0.2, 0.25) is 0 Å². The van der Waals surface area contributed by atoms with Gasteiger partial charge in [-0.3, -0.25) is 4.79 Å². The third kappa shape index (κ3) is 3.73. The maximum Gasteiger partial charge on any atom is 0.219 e. The van der Waals surface area contributed by atoms with E-state index in [-0.39, 0.29) is 5.91 Å². The lowest BCUT2D eigenvalue weighted by Gasteiger charge is -2.35. The molecular formula is C15H21N3O2. The Bertz CT molecular complexity index is 480. The second-order valence-electron chi connectivity index (χ2n) is 4.67. The summed E-state index contributed by atoms with van der Waals surface area (Å²) in [4.78, 5) is 20.0. The molecule has 1 saturated heterocycles. The van der Waals surface area contributed by atoms with Gasteiger partial charge in [-0.15, -0.1) is 0 Å². The van der Waals surface area contributed by atoms with Crippen molar-refractivity contribution in [2.24, 2.45) is 0 Å². The van der Waals surface area contributed by atoms with E-state index >= 15 is 0 Å². The van der Waals surface area contributed by atoms with Crippen LogP contribution in [0.5, 0.6) is 0 Å². The molecule has 1 aliphatic rings. The molecule has 0 atom stereocenters. The van der Waals surface area contributed by atoms with Crippen molar-refractivity contribution in [3.8, 4) is 0 Å². The first kappa shape index (κ1) is 14.4. The van der Waals surface area contributed by atoms with E-state index < -0.39 is 0 Å². The maximum absolute atomic E-state index is 11.3. The largest absolute Gasteiger partial charge is 0.501 e. The molecule has 2 heterocycles. The van der Waals surface area contributed by atoms with Crippen LogP contribution in [-0.2, 0) is 9.53 Å². The van der Waals surface area contributed by atoms with Crippen molar-refractivity contribution in [3.05, 3.63) is 30.2 Å². The van der Waals surface area contributed by atoms with Crippen molar-refractivity contribution in [2.75, 3.05) is 37.7 Å². The lowest BCUT2D eigenvalue weighted by molar-refractivity contribution is -0.129. The first-order valence-electron chi connectivity index (χ1n) is 6.96. The summed E-state index contributed by atoms with van der Waals surface area (Å²) in [5.41, 5.74) is 0.880. The SMILES string of the molecule is CCO/C=C/c1cccc(N2CCN(C(C)=O)CC2)n1. The molecule has 0 saturated carbocycles. The van der Waals surface area contributed by atoms with Crippen LogP contribution < -0.4 is 4.90 Å². The van der Waals surface area contributed by atoms with Gasteiger partial charge in [-0.05, 0) is 25.1 Å². The minimum Gasteiger partial charge on any atom is -0.501 e. The third-order valence-electron chi connectivity index (χ3n) is 3.31. The van der Waals surface area contributed by atoms with E-state index in [2.05, 4.69) is 9.88 Å². The molecule has 0 N–H and O–H groups in total. The van der Waals surface area contributed by atoms with Gasteiger partial charge in [0.2, 0.25) is 5.91 Å². The Hall–Kier alpha value is -2.04. The molecule has 5 heteroatoms. The van der Waals surface area contributed by atoms with E-state index in [1.54, 1.807) is 13.2 Å². The first-order chi connectivity index (χ1) is 9.70. The van der Waals surface area contributed by atoms with Gasteiger partial charge in [0.15, 0.2) is 0 Å². The van der Waals surface area contributed by atoms with Crippen LogP contribution in [0.3, 0.4) is 0 Å². The van der Waals surface area contributed by atoms with E-state index in [1.165, 1.54) is 0 Å². The normalized spacial score (nSPS) is 15.7. The van der Waals surface area contributed by atoms with Crippen molar-refractivity contribution in [1.29, 1.82) is 0 Å². The van der Waals surface area contributed by atoms with Gasteiger partial charge in [-0.25, -0.2) is 4.98 Å². The van der Waals surface area contributed by atoms with Gasteiger partial charge in [0, 0.05) is 33.1 Å². The molecule has 0 unspecified atom stereocenters. The first-order valence-corrected chi connectivity index (χ1v) is 6.96. The zero-order chi connectivity index (χ0) is 14.4. The van der Waals surface area contributed by atoms with Crippen LogP contribution in [0.1, 0.15) is 19.5 Å². The predicted molar refractivity (Wildman–Crippen MR) is 79.4 cm³/mol. The number of rotatable bonds is 4. The Morgan fingerprint density at radius 3 is 2.75 bits per heavy atom. The van der Waals surface area contributed by atoms with Gasteiger partial charge < -0.3 is 14.5 Å². The number of carbonyl (C=O) groups excluding carboxylic acids is 1. The molecule has 1 aromatic rings. The highest BCUT2D eigenvalue weighted by Gasteiger charge is 2.19. The summed E-state index contributed by atoms with van der Waals surface area (Å²) >= 11 is 0. The second-order valence-corrected chi connectivity index (χ2v) is 4.67. The molecule has 5 nitrogen and oxygen atoms in total. The highest BCUT2D eigenvalue weighted by atomic mass is 16.5. The number of piperazine rings is 1. The summed E-state index contributed by atoms with van der Waals surface area (Å²) in [7, 11) is 0. The molecule has 2 rings (SSSR count). The Labute approximate surface area is 119 Å².